The lowest BCUT2D eigenvalue weighted by Gasteiger charge is -2.36. The summed E-state index contributed by atoms with van der Waals surface area (Å²) in [6.07, 6.45) is 3.23. The van der Waals surface area contributed by atoms with Gasteiger partial charge in [-0.15, -0.1) is 0 Å². The number of piperidine rings is 1. The average molecular weight is 333 g/mol. The van der Waals surface area contributed by atoms with Gasteiger partial charge in [0.25, 0.3) is 5.91 Å². The summed E-state index contributed by atoms with van der Waals surface area (Å²) in [5, 5.41) is 2.87. The number of carbonyl (C=O) groups excluding carboxylic acids is 2. The Labute approximate surface area is 141 Å². The first-order valence-electron chi connectivity index (χ1n) is 8.36. The van der Waals surface area contributed by atoms with Gasteiger partial charge in [-0.3, -0.25) is 9.59 Å². The van der Waals surface area contributed by atoms with E-state index in [9.17, 15) is 9.59 Å². The van der Waals surface area contributed by atoms with E-state index in [1.165, 1.54) is 0 Å². The summed E-state index contributed by atoms with van der Waals surface area (Å²) in [6.45, 7) is 1.68. The standard InChI is InChI=1S/C17H23N3O4/c18-7-6-16(21)19-10-13-3-1-2-8-20(13)17(22)12-4-5-14-15(9-12)24-11-23-14/h4-5,9,13H,1-3,6-8,10-11,18H2,(H,19,21). The zero-order valence-electron chi connectivity index (χ0n) is 13.6. The number of benzene rings is 1. The molecule has 7 nitrogen and oxygen atoms in total. The molecule has 2 aliphatic heterocycles. The van der Waals surface area contributed by atoms with Crippen LogP contribution in [0, 0.1) is 0 Å². The molecule has 7 heteroatoms. The summed E-state index contributed by atoms with van der Waals surface area (Å²) in [4.78, 5) is 26.4. The molecule has 1 atom stereocenters. The lowest BCUT2D eigenvalue weighted by molar-refractivity contribution is -0.121. The van der Waals surface area contributed by atoms with Crippen molar-refractivity contribution >= 4 is 11.8 Å². The lowest BCUT2D eigenvalue weighted by Crippen LogP contribution is -2.49. The van der Waals surface area contributed by atoms with Gasteiger partial charge in [-0.1, -0.05) is 0 Å². The molecule has 0 saturated carbocycles. The third kappa shape index (κ3) is 3.62. The number of carbonyl (C=O) groups is 2. The Morgan fingerprint density at radius 2 is 2.08 bits per heavy atom. The molecule has 2 heterocycles. The number of likely N-dealkylation sites (tertiary alicyclic amines) is 1. The van der Waals surface area contributed by atoms with Crippen molar-refractivity contribution in [3.05, 3.63) is 23.8 Å². The summed E-state index contributed by atoms with van der Waals surface area (Å²) >= 11 is 0. The van der Waals surface area contributed by atoms with Crippen LogP contribution >= 0.6 is 0 Å². The number of hydrogen-bond donors (Lipinski definition) is 2. The van der Waals surface area contributed by atoms with Crippen LogP contribution in [0.4, 0.5) is 0 Å². The van der Waals surface area contributed by atoms with Gasteiger partial charge in [0.15, 0.2) is 11.5 Å². The molecule has 130 valence electrons. The first-order valence-corrected chi connectivity index (χ1v) is 8.36. The van der Waals surface area contributed by atoms with Crippen molar-refractivity contribution in [3.8, 4) is 11.5 Å². The normalized spacial score (nSPS) is 19.2. The first kappa shape index (κ1) is 16.6. The Bertz CT molecular complexity index is 620. The summed E-state index contributed by atoms with van der Waals surface area (Å²) in [7, 11) is 0. The zero-order valence-corrected chi connectivity index (χ0v) is 13.6. The molecule has 0 aromatic heterocycles. The molecule has 1 fully saturated rings. The molecule has 24 heavy (non-hydrogen) atoms. The number of rotatable bonds is 5. The van der Waals surface area contributed by atoms with E-state index in [2.05, 4.69) is 5.32 Å². The summed E-state index contributed by atoms with van der Waals surface area (Å²) in [5.41, 5.74) is 5.97. The minimum absolute atomic E-state index is 0.0124. The number of amides is 2. The quantitative estimate of drug-likeness (QED) is 0.834. The van der Waals surface area contributed by atoms with Crippen molar-refractivity contribution in [2.75, 3.05) is 26.4 Å². The second-order valence-corrected chi connectivity index (χ2v) is 6.06. The number of nitrogens with zero attached hydrogens (tertiary/aromatic N) is 1. The van der Waals surface area contributed by atoms with Crippen molar-refractivity contribution < 1.29 is 19.1 Å². The number of nitrogens with one attached hydrogen (secondary N) is 1. The lowest BCUT2D eigenvalue weighted by atomic mass is 10.0. The summed E-state index contributed by atoms with van der Waals surface area (Å²) in [6, 6.07) is 5.26. The Morgan fingerprint density at radius 3 is 2.92 bits per heavy atom. The van der Waals surface area contributed by atoms with Gasteiger partial charge in [-0.05, 0) is 37.5 Å². The van der Waals surface area contributed by atoms with Gasteiger partial charge >= 0.3 is 0 Å². The third-order valence-corrected chi connectivity index (χ3v) is 4.41. The minimum atomic E-state index is -0.0708. The van der Waals surface area contributed by atoms with E-state index in [1.54, 1.807) is 18.2 Å². The highest BCUT2D eigenvalue weighted by atomic mass is 16.7. The largest absolute Gasteiger partial charge is 0.454 e. The van der Waals surface area contributed by atoms with E-state index in [0.29, 0.717) is 43.1 Å². The third-order valence-electron chi connectivity index (χ3n) is 4.41. The van der Waals surface area contributed by atoms with Crippen molar-refractivity contribution in [2.45, 2.75) is 31.7 Å². The Hall–Kier alpha value is -2.28. The highest BCUT2D eigenvalue weighted by Crippen LogP contribution is 2.33. The van der Waals surface area contributed by atoms with Crippen LogP contribution in [-0.2, 0) is 4.79 Å². The molecule has 0 bridgehead atoms. The van der Waals surface area contributed by atoms with E-state index in [0.717, 1.165) is 19.3 Å². The zero-order chi connectivity index (χ0) is 16.9. The molecular weight excluding hydrogens is 310 g/mol. The molecule has 1 aromatic carbocycles. The van der Waals surface area contributed by atoms with Crippen molar-refractivity contribution in [2.24, 2.45) is 5.73 Å². The predicted molar refractivity (Wildman–Crippen MR) is 87.9 cm³/mol. The van der Waals surface area contributed by atoms with Crippen LogP contribution < -0.4 is 20.5 Å². The molecule has 0 aliphatic carbocycles. The molecule has 1 unspecified atom stereocenters. The number of nitrogens with two attached hydrogens (primary N) is 1. The van der Waals surface area contributed by atoms with E-state index in [4.69, 9.17) is 15.2 Å². The van der Waals surface area contributed by atoms with Gasteiger partial charge in [0.1, 0.15) is 0 Å². The highest BCUT2D eigenvalue weighted by molar-refractivity contribution is 5.95. The van der Waals surface area contributed by atoms with E-state index in [1.807, 2.05) is 4.90 Å². The number of hydrogen-bond acceptors (Lipinski definition) is 5. The van der Waals surface area contributed by atoms with Crippen LogP contribution in [0.1, 0.15) is 36.0 Å². The van der Waals surface area contributed by atoms with Gasteiger partial charge in [0.05, 0.1) is 0 Å². The fourth-order valence-electron chi connectivity index (χ4n) is 3.13. The summed E-state index contributed by atoms with van der Waals surface area (Å²) < 4.78 is 10.6. The monoisotopic (exact) mass is 333 g/mol. The highest BCUT2D eigenvalue weighted by Gasteiger charge is 2.28. The number of ether oxygens (including phenoxy) is 2. The van der Waals surface area contributed by atoms with E-state index < -0.39 is 0 Å². The van der Waals surface area contributed by atoms with Crippen LogP contribution in [0.25, 0.3) is 0 Å². The fourth-order valence-corrected chi connectivity index (χ4v) is 3.13. The second-order valence-electron chi connectivity index (χ2n) is 6.06. The van der Waals surface area contributed by atoms with Crippen molar-refractivity contribution in [1.82, 2.24) is 10.2 Å². The average Bonchev–Trinajstić information content (AvgIpc) is 3.07. The second kappa shape index (κ2) is 7.53. The van der Waals surface area contributed by atoms with E-state index >= 15 is 0 Å². The molecule has 3 rings (SSSR count). The molecule has 2 amide bonds. The minimum Gasteiger partial charge on any atom is -0.454 e. The SMILES string of the molecule is NCCC(=O)NCC1CCCCN1C(=O)c1ccc2c(c1)OCO2. The van der Waals surface area contributed by atoms with Gasteiger partial charge in [0, 0.05) is 37.7 Å². The van der Waals surface area contributed by atoms with Crippen molar-refractivity contribution in [1.29, 1.82) is 0 Å². The molecule has 0 spiro atoms. The molecule has 2 aliphatic rings. The van der Waals surface area contributed by atoms with Gasteiger partial charge in [-0.2, -0.15) is 0 Å². The fraction of sp³-hybridized carbons (Fsp3) is 0.529. The Balaban J connectivity index is 1.68. The maximum atomic E-state index is 12.9. The van der Waals surface area contributed by atoms with Crippen LogP contribution in [-0.4, -0.2) is 49.2 Å². The van der Waals surface area contributed by atoms with Gasteiger partial charge in [0.2, 0.25) is 12.7 Å². The Morgan fingerprint density at radius 1 is 1.25 bits per heavy atom. The van der Waals surface area contributed by atoms with Crippen LogP contribution in [0.15, 0.2) is 18.2 Å². The van der Waals surface area contributed by atoms with Crippen molar-refractivity contribution in [3.63, 3.8) is 0 Å². The maximum Gasteiger partial charge on any atom is 0.254 e. The topological polar surface area (TPSA) is 93.9 Å². The first-order chi connectivity index (χ1) is 11.7. The molecule has 1 aromatic rings. The number of fused-ring (bicyclic) bond motifs is 1. The van der Waals surface area contributed by atoms with E-state index in [-0.39, 0.29) is 24.6 Å². The molecule has 1 saturated heterocycles. The smallest absolute Gasteiger partial charge is 0.254 e. The Kier molecular flexibility index (Phi) is 5.20. The molecule has 0 radical (unpaired) electrons. The summed E-state index contributed by atoms with van der Waals surface area (Å²) in [5.74, 6) is 1.16. The van der Waals surface area contributed by atoms with Crippen LogP contribution in [0.5, 0.6) is 11.5 Å². The van der Waals surface area contributed by atoms with Crippen LogP contribution in [0.3, 0.4) is 0 Å². The van der Waals surface area contributed by atoms with Gasteiger partial charge < -0.3 is 25.4 Å². The van der Waals surface area contributed by atoms with Gasteiger partial charge in [-0.25, -0.2) is 0 Å². The molecule has 3 N–H and O–H groups in total. The maximum absolute atomic E-state index is 12.9. The van der Waals surface area contributed by atoms with Crippen LogP contribution in [0.2, 0.25) is 0 Å². The predicted octanol–water partition coefficient (Wildman–Crippen LogP) is 0.875. The molecular formula is C17H23N3O4.